The maximum absolute atomic E-state index is 13.2. The Kier molecular flexibility index (Phi) is 4.08. The Bertz CT molecular complexity index is 599. The molecular weight excluding hydrogens is 265 g/mol. The van der Waals surface area contributed by atoms with Crippen LogP contribution in [-0.2, 0) is 0 Å². The van der Waals surface area contributed by atoms with Crippen molar-refractivity contribution < 1.29 is 9.13 Å². The first kappa shape index (κ1) is 13.8. The molecule has 0 saturated heterocycles. The maximum Gasteiger partial charge on any atom is 0.132 e. The molecule has 0 aliphatic rings. The Hall–Kier alpha value is -1.58. The Labute approximate surface area is 117 Å². The van der Waals surface area contributed by atoms with Gasteiger partial charge in [-0.25, -0.2) is 4.39 Å². The highest BCUT2D eigenvalue weighted by Crippen LogP contribution is 2.32. The molecule has 0 saturated carbocycles. The van der Waals surface area contributed by atoms with Crippen molar-refractivity contribution in [2.24, 2.45) is 5.73 Å². The zero-order valence-corrected chi connectivity index (χ0v) is 11.5. The van der Waals surface area contributed by atoms with Crippen LogP contribution >= 0.6 is 11.6 Å². The fourth-order valence-corrected chi connectivity index (χ4v) is 2.04. The average Bonchev–Trinajstić information content (AvgIpc) is 2.34. The number of benzene rings is 2. The van der Waals surface area contributed by atoms with Gasteiger partial charge in [0.25, 0.3) is 0 Å². The summed E-state index contributed by atoms with van der Waals surface area (Å²) in [4.78, 5) is 0. The third kappa shape index (κ3) is 3.25. The number of hydrogen-bond acceptors (Lipinski definition) is 2. The van der Waals surface area contributed by atoms with E-state index in [2.05, 4.69) is 0 Å². The summed E-state index contributed by atoms with van der Waals surface area (Å²) in [6.07, 6.45) is 0. The Morgan fingerprint density at radius 2 is 1.84 bits per heavy atom. The van der Waals surface area contributed by atoms with Gasteiger partial charge in [0.1, 0.15) is 17.3 Å². The van der Waals surface area contributed by atoms with Gasteiger partial charge in [-0.15, -0.1) is 0 Å². The van der Waals surface area contributed by atoms with Crippen molar-refractivity contribution in [2.75, 3.05) is 0 Å². The molecule has 0 amide bonds. The van der Waals surface area contributed by atoms with Crippen LogP contribution in [-0.4, -0.2) is 0 Å². The molecule has 0 bridgehead atoms. The van der Waals surface area contributed by atoms with Crippen molar-refractivity contribution in [3.8, 4) is 11.5 Å². The molecule has 0 aliphatic carbocycles. The highest BCUT2D eigenvalue weighted by atomic mass is 35.5. The van der Waals surface area contributed by atoms with Crippen molar-refractivity contribution in [1.82, 2.24) is 0 Å². The van der Waals surface area contributed by atoms with E-state index in [-0.39, 0.29) is 11.9 Å². The summed E-state index contributed by atoms with van der Waals surface area (Å²) in [7, 11) is 0. The number of nitrogens with two attached hydrogens (primary N) is 1. The van der Waals surface area contributed by atoms with E-state index in [1.165, 1.54) is 12.1 Å². The number of ether oxygens (including phenoxy) is 1. The molecule has 2 nitrogen and oxygen atoms in total. The summed E-state index contributed by atoms with van der Waals surface area (Å²) in [6.45, 7) is 3.69. The molecule has 2 aromatic carbocycles. The predicted octanol–water partition coefficient (Wildman–Crippen LogP) is 4.60. The third-order valence-corrected chi connectivity index (χ3v) is 3.05. The van der Waals surface area contributed by atoms with Gasteiger partial charge in [0.2, 0.25) is 0 Å². The van der Waals surface area contributed by atoms with Gasteiger partial charge in [0, 0.05) is 16.6 Å². The minimum absolute atomic E-state index is 0.307. The van der Waals surface area contributed by atoms with Gasteiger partial charge >= 0.3 is 0 Å². The van der Waals surface area contributed by atoms with Crippen LogP contribution in [0.25, 0.3) is 0 Å². The van der Waals surface area contributed by atoms with E-state index in [0.717, 1.165) is 5.56 Å². The second-order valence-corrected chi connectivity index (χ2v) is 4.92. The minimum Gasteiger partial charge on any atom is -0.457 e. The van der Waals surface area contributed by atoms with E-state index in [9.17, 15) is 4.39 Å². The van der Waals surface area contributed by atoms with Gasteiger partial charge in [-0.05, 0) is 55.8 Å². The van der Waals surface area contributed by atoms with Gasteiger partial charge in [-0.2, -0.15) is 0 Å². The molecule has 0 aliphatic heterocycles. The largest absolute Gasteiger partial charge is 0.457 e. The predicted molar refractivity (Wildman–Crippen MR) is 75.3 cm³/mol. The summed E-state index contributed by atoms with van der Waals surface area (Å²) in [5.74, 6) is 0.909. The Balaban J connectivity index is 2.38. The normalized spacial score (nSPS) is 12.3. The summed E-state index contributed by atoms with van der Waals surface area (Å²) in [5.41, 5.74) is 7.37. The zero-order valence-electron chi connectivity index (χ0n) is 10.8. The summed E-state index contributed by atoms with van der Waals surface area (Å²) < 4.78 is 19.1. The number of halogens is 2. The monoisotopic (exact) mass is 279 g/mol. The molecule has 0 aromatic heterocycles. The van der Waals surface area contributed by atoms with Crippen molar-refractivity contribution in [1.29, 1.82) is 0 Å². The number of hydrogen-bond donors (Lipinski definition) is 1. The first-order valence-corrected chi connectivity index (χ1v) is 6.34. The molecule has 0 spiro atoms. The molecular formula is C15H15ClFNO. The van der Waals surface area contributed by atoms with Crippen LogP contribution in [0.15, 0.2) is 36.4 Å². The van der Waals surface area contributed by atoms with E-state index in [4.69, 9.17) is 22.1 Å². The van der Waals surface area contributed by atoms with Crippen molar-refractivity contribution in [3.63, 3.8) is 0 Å². The third-order valence-electron chi connectivity index (χ3n) is 2.82. The van der Waals surface area contributed by atoms with Gasteiger partial charge in [-0.1, -0.05) is 11.6 Å². The van der Waals surface area contributed by atoms with Crippen LogP contribution < -0.4 is 10.5 Å². The first-order chi connectivity index (χ1) is 8.97. The molecule has 100 valence electrons. The second-order valence-electron chi connectivity index (χ2n) is 4.48. The van der Waals surface area contributed by atoms with E-state index < -0.39 is 0 Å². The van der Waals surface area contributed by atoms with Gasteiger partial charge < -0.3 is 10.5 Å². The van der Waals surface area contributed by atoms with Crippen LogP contribution in [0.5, 0.6) is 11.5 Å². The second kappa shape index (κ2) is 5.59. The van der Waals surface area contributed by atoms with E-state index in [1.54, 1.807) is 25.1 Å². The quantitative estimate of drug-likeness (QED) is 0.891. The van der Waals surface area contributed by atoms with Crippen molar-refractivity contribution in [3.05, 3.63) is 58.4 Å². The molecule has 2 aromatic rings. The molecule has 4 heteroatoms. The smallest absolute Gasteiger partial charge is 0.132 e. The minimum atomic E-state index is -0.326. The Morgan fingerprint density at radius 3 is 2.47 bits per heavy atom. The van der Waals surface area contributed by atoms with Crippen LogP contribution in [0.4, 0.5) is 4.39 Å². The fourth-order valence-electron chi connectivity index (χ4n) is 1.81. The molecule has 0 unspecified atom stereocenters. The number of rotatable bonds is 3. The highest BCUT2D eigenvalue weighted by molar-refractivity contribution is 6.30. The van der Waals surface area contributed by atoms with Gasteiger partial charge in [0.15, 0.2) is 0 Å². The summed E-state index contributed by atoms with van der Waals surface area (Å²) >= 11 is 5.90. The zero-order chi connectivity index (χ0) is 14.0. The molecule has 0 fully saturated rings. The van der Waals surface area contributed by atoms with E-state index >= 15 is 0 Å². The highest BCUT2D eigenvalue weighted by Gasteiger charge is 2.11. The van der Waals surface area contributed by atoms with E-state index in [1.807, 2.05) is 13.0 Å². The molecule has 2 rings (SSSR count). The van der Waals surface area contributed by atoms with Crippen LogP contribution in [0.2, 0.25) is 5.02 Å². The lowest BCUT2D eigenvalue weighted by Gasteiger charge is -2.15. The molecule has 2 N–H and O–H groups in total. The molecule has 0 radical (unpaired) electrons. The SMILES string of the molecule is Cc1cc(Cl)ccc1Oc1ccc(F)cc1[C@@H](C)N. The standard InChI is InChI=1S/C15H15ClFNO/c1-9-7-11(16)3-5-14(9)19-15-6-4-12(17)8-13(15)10(2)18/h3-8,10H,18H2,1-2H3/t10-/m1/s1. The van der Waals surface area contributed by atoms with Gasteiger partial charge in [0.05, 0.1) is 0 Å². The lowest BCUT2D eigenvalue weighted by Crippen LogP contribution is -2.07. The van der Waals surface area contributed by atoms with Crippen LogP contribution in [0, 0.1) is 12.7 Å². The molecule has 1 atom stereocenters. The molecule has 0 heterocycles. The van der Waals surface area contributed by atoms with Crippen molar-refractivity contribution >= 4 is 11.6 Å². The summed E-state index contributed by atoms with van der Waals surface area (Å²) in [6, 6.07) is 9.37. The number of aryl methyl sites for hydroxylation is 1. The van der Waals surface area contributed by atoms with Crippen LogP contribution in [0.1, 0.15) is 24.1 Å². The van der Waals surface area contributed by atoms with Crippen LogP contribution in [0.3, 0.4) is 0 Å². The van der Waals surface area contributed by atoms with Crippen molar-refractivity contribution in [2.45, 2.75) is 19.9 Å². The molecule has 19 heavy (non-hydrogen) atoms. The maximum atomic E-state index is 13.2. The fraction of sp³-hybridized carbons (Fsp3) is 0.200. The van der Waals surface area contributed by atoms with Gasteiger partial charge in [-0.3, -0.25) is 0 Å². The average molecular weight is 280 g/mol. The lowest BCUT2D eigenvalue weighted by molar-refractivity contribution is 0.466. The first-order valence-electron chi connectivity index (χ1n) is 5.96. The van der Waals surface area contributed by atoms with E-state index in [0.29, 0.717) is 22.1 Å². The summed E-state index contributed by atoms with van der Waals surface area (Å²) in [5, 5.41) is 0.649. The Morgan fingerprint density at radius 1 is 1.16 bits per heavy atom. The topological polar surface area (TPSA) is 35.2 Å². The lowest BCUT2D eigenvalue weighted by atomic mass is 10.1.